The van der Waals surface area contributed by atoms with Crippen molar-refractivity contribution in [1.29, 1.82) is 0 Å². The Labute approximate surface area is 116 Å². The zero-order valence-electron chi connectivity index (χ0n) is 11.4. The maximum absolute atomic E-state index is 14.0. The molecule has 1 aromatic carbocycles. The Morgan fingerprint density at radius 3 is 2.90 bits per heavy atom. The number of hydrogen-bond acceptors (Lipinski definition) is 3. The highest BCUT2D eigenvalue weighted by atomic mass is 19.2. The van der Waals surface area contributed by atoms with Gasteiger partial charge >= 0.3 is 0 Å². The molecule has 2 aromatic rings. The van der Waals surface area contributed by atoms with Crippen molar-refractivity contribution in [3.05, 3.63) is 23.8 Å². The van der Waals surface area contributed by atoms with Crippen LogP contribution < -0.4 is 5.73 Å². The molecule has 108 valence electrons. The van der Waals surface area contributed by atoms with E-state index < -0.39 is 11.6 Å². The minimum atomic E-state index is -0.864. The third-order valence-electron chi connectivity index (χ3n) is 4.09. The van der Waals surface area contributed by atoms with E-state index in [0.717, 1.165) is 32.1 Å². The van der Waals surface area contributed by atoms with Crippen LogP contribution in [-0.4, -0.2) is 34.1 Å². The fourth-order valence-electron chi connectivity index (χ4n) is 2.97. The third kappa shape index (κ3) is 2.14. The van der Waals surface area contributed by atoms with Crippen molar-refractivity contribution in [2.75, 3.05) is 25.4 Å². The number of likely N-dealkylation sites (tertiary alicyclic amines) is 1. The van der Waals surface area contributed by atoms with E-state index >= 15 is 0 Å². The first-order valence-electron chi connectivity index (χ1n) is 6.92. The van der Waals surface area contributed by atoms with Crippen LogP contribution in [0.3, 0.4) is 0 Å². The Kier molecular flexibility index (Phi) is 3.33. The zero-order valence-corrected chi connectivity index (χ0v) is 11.4. The number of imidazole rings is 1. The molecule has 1 fully saturated rings. The lowest BCUT2D eigenvalue weighted by molar-refractivity contribution is 0.333. The summed E-state index contributed by atoms with van der Waals surface area (Å²) >= 11 is 0. The summed E-state index contributed by atoms with van der Waals surface area (Å²) in [5.41, 5.74) is 6.45. The van der Waals surface area contributed by atoms with Gasteiger partial charge in [-0.1, -0.05) is 6.92 Å². The number of nitrogen functional groups attached to an aromatic ring is 1. The number of benzene rings is 1. The maximum atomic E-state index is 14.0. The molecule has 3 rings (SSSR count). The predicted octanol–water partition coefficient (Wildman–Crippen LogP) is 2.24. The van der Waals surface area contributed by atoms with Gasteiger partial charge < -0.3 is 15.2 Å². The third-order valence-corrected chi connectivity index (χ3v) is 4.09. The molecular formula is C14H18F2N4. The van der Waals surface area contributed by atoms with Crippen LogP contribution in [0.25, 0.3) is 11.0 Å². The number of hydrogen-bond donors (Lipinski definition) is 1. The van der Waals surface area contributed by atoms with Crippen molar-refractivity contribution in [3.8, 4) is 0 Å². The van der Waals surface area contributed by atoms with E-state index in [1.54, 1.807) is 4.57 Å². The molecule has 2 N–H and O–H groups in total. The Bertz CT molecular complexity index is 638. The summed E-state index contributed by atoms with van der Waals surface area (Å²) in [6.45, 7) is 5.73. The van der Waals surface area contributed by atoms with Crippen LogP contribution in [0, 0.1) is 17.6 Å². The number of rotatable bonds is 3. The Balaban J connectivity index is 1.95. The fraction of sp³-hybridized carbons (Fsp3) is 0.500. The molecule has 0 bridgehead atoms. The van der Waals surface area contributed by atoms with Crippen LogP contribution >= 0.6 is 0 Å². The second-order valence-corrected chi connectivity index (χ2v) is 5.36. The van der Waals surface area contributed by atoms with Gasteiger partial charge in [0.2, 0.25) is 5.95 Å². The van der Waals surface area contributed by atoms with Crippen LogP contribution in [0.2, 0.25) is 0 Å². The second-order valence-electron chi connectivity index (χ2n) is 5.36. The van der Waals surface area contributed by atoms with Crippen molar-refractivity contribution in [3.63, 3.8) is 0 Å². The van der Waals surface area contributed by atoms with Crippen LogP contribution in [0.4, 0.5) is 14.7 Å². The van der Waals surface area contributed by atoms with Crippen molar-refractivity contribution in [1.82, 2.24) is 14.5 Å². The molecule has 1 atom stereocenters. The molecule has 1 saturated heterocycles. The van der Waals surface area contributed by atoms with Gasteiger partial charge in [-0.2, -0.15) is 0 Å². The number of fused-ring (bicyclic) bond motifs is 1. The summed E-state index contributed by atoms with van der Waals surface area (Å²) in [5, 5.41) is 0. The average Bonchev–Trinajstić information content (AvgIpc) is 3.00. The quantitative estimate of drug-likeness (QED) is 0.938. The minimum Gasteiger partial charge on any atom is -0.369 e. The molecule has 0 saturated carbocycles. The van der Waals surface area contributed by atoms with Gasteiger partial charge in [0.1, 0.15) is 5.52 Å². The molecule has 20 heavy (non-hydrogen) atoms. The Hall–Kier alpha value is -1.69. The first-order chi connectivity index (χ1) is 9.60. The number of halogens is 2. The average molecular weight is 280 g/mol. The molecule has 1 unspecified atom stereocenters. The molecule has 2 heterocycles. The summed E-state index contributed by atoms with van der Waals surface area (Å²) in [4.78, 5) is 6.46. The highest BCUT2D eigenvalue weighted by Crippen LogP contribution is 2.26. The molecule has 0 aliphatic carbocycles. The van der Waals surface area contributed by atoms with E-state index in [9.17, 15) is 8.78 Å². The topological polar surface area (TPSA) is 47.1 Å². The van der Waals surface area contributed by atoms with Crippen molar-refractivity contribution < 1.29 is 8.78 Å². The fourth-order valence-corrected chi connectivity index (χ4v) is 2.97. The lowest BCUT2D eigenvalue weighted by Crippen LogP contribution is -2.21. The first-order valence-corrected chi connectivity index (χ1v) is 6.92. The summed E-state index contributed by atoms with van der Waals surface area (Å²) in [7, 11) is 0. The van der Waals surface area contributed by atoms with Gasteiger partial charge in [0.15, 0.2) is 11.6 Å². The monoisotopic (exact) mass is 280 g/mol. The molecule has 1 aliphatic rings. The van der Waals surface area contributed by atoms with Crippen molar-refractivity contribution >= 4 is 17.0 Å². The SMILES string of the molecule is CCN1CCC(Cn2c(N)nc3ccc(F)c(F)c32)C1. The number of anilines is 1. The molecule has 0 radical (unpaired) electrons. The van der Waals surface area contributed by atoms with Crippen LogP contribution in [0.1, 0.15) is 13.3 Å². The Morgan fingerprint density at radius 2 is 2.20 bits per heavy atom. The van der Waals surface area contributed by atoms with Gasteiger partial charge in [-0.15, -0.1) is 0 Å². The predicted molar refractivity (Wildman–Crippen MR) is 74.3 cm³/mol. The highest BCUT2D eigenvalue weighted by molar-refractivity contribution is 5.79. The van der Waals surface area contributed by atoms with Gasteiger partial charge in [0.05, 0.1) is 5.52 Å². The summed E-state index contributed by atoms with van der Waals surface area (Å²) in [6, 6.07) is 2.55. The largest absolute Gasteiger partial charge is 0.369 e. The summed E-state index contributed by atoms with van der Waals surface area (Å²) in [5.74, 6) is -1.07. The normalized spacial score (nSPS) is 20.1. The number of nitrogens with zero attached hydrogens (tertiary/aromatic N) is 3. The number of aromatic nitrogens is 2. The van der Waals surface area contributed by atoms with E-state index in [2.05, 4.69) is 16.8 Å². The van der Waals surface area contributed by atoms with E-state index in [1.807, 2.05) is 0 Å². The molecule has 1 aliphatic heterocycles. The smallest absolute Gasteiger partial charge is 0.201 e. The van der Waals surface area contributed by atoms with Gasteiger partial charge in [-0.25, -0.2) is 13.8 Å². The van der Waals surface area contributed by atoms with Gasteiger partial charge in [0, 0.05) is 13.1 Å². The first kappa shape index (κ1) is 13.3. The zero-order chi connectivity index (χ0) is 14.3. The van der Waals surface area contributed by atoms with E-state index in [1.165, 1.54) is 6.07 Å². The number of nitrogens with two attached hydrogens (primary N) is 1. The van der Waals surface area contributed by atoms with Gasteiger partial charge in [-0.3, -0.25) is 0 Å². The van der Waals surface area contributed by atoms with E-state index in [-0.39, 0.29) is 11.5 Å². The van der Waals surface area contributed by atoms with Crippen molar-refractivity contribution in [2.24, 2.45) is 5.92 Å². The van der Waals surface area contributed by atoms with Gasteiger partial charge in [-0.05, 0) is 37.6 Å². The van der Waals surface area contributed by atoms with Gasteiger partial charge in [0.25, 0.3) is 0 Å². The van der Waals surface area contributed by atoms with E-state index in [4.69, 9.17) is 5.73 Å². The summed E-state index contributed by atoms with van der Waals surface area (Å²) < 4.78 is 29.0. The minimum absolute atomic E-state index is 0.178. The Morgan fingerprint density at radius 1 is 1.40 bits per heavy atom. The van der Waals surface area contributed by atoms with Crippen LogP contribution in [0.5, 0.6) is 0 Å². The maximum Gasteiger partial charge on any atom is 0.201 e. The molecule has 6 heteroatoms. The molecule has 0 spiro atoms. The highest BCUT2D eigenvalue weighted by Gasteiger charge is 2.24. The van der Waals surface area contributed by atoms with Crippen molar-refractivity contribution in [2.45, 2.75) is 19.9 Å². The standard InChI is InChI=1S/C14H18F2N4/c1-2-19-6-5-9(7-19)8-20-13-11(18-14(20)17)4-3-10(15)12(13)16/h3-4,9H,2,5-8H2,1H3,(H2,17,18). The molecule has 0 amide bonds. The molecule has 1 aromatic heterocycles. The summed E-state index contributed by atoms with van der Waals surface area (Å²) in [6.07, 6.45) is 1.05. The lowest BCUT2D eigenvalue weighted by atomic mass is 10.1. The van der Waals surface area contributed by atoms with Crippen LogP contribution in [0.15, 0.2) is 12.1 Å². The molecular weight excluding hydrogens is 262 g/mol. The van der Waals surface area contributed by atoms with E-state index in [0.29, 0.717) is 18.0 Å². The molecule has 4 nitrogen and oxygen atoms in total. The van der Waals surface area contributed by atoms with Crippen LogP contribution in [-0.2, 0) is 6.54 Å². The lowest BCUT2D eigenvalue weighted by Gasteiger charge is -2.15. The second kappa shape index (κ2) is 5.01.